The summed E-state index contributed by atoms with van der Waals surface area (Å²) >= 11 is 6.80. The number of rotatable bonds is 8. The zero-order valence-electron chi connectivity index (χ0n) is 29.1. The quantitative estimate of drug-likeness (QED) is 0.194. The van der Waals surface area contributed by atoms with Gasteiger partial charge in [-0.25, -0.2) is 17.6 Å². The topological polar surface area (TPSA) is 112 Å². The van der Waals surface area contributed by atoms with Gasteiger partial charge in [0.25, 0.3) is 11.5 Å². The molecule has 7 rings (SSSR count). The number of amides is 2. The lowest BCUT2D eigenvalue weighted by atomic mass is 9.96. The lowest BCUT2D eigenvalue weighted by molar-refractivity contribution is -0.133. The van der Waals surface area contributed by atoms with Crippen molar-refractivity contribution in [3.05, 3.63) is 81.5 Å². The molecule has 0 aliphatic carbocycles. The molecule has 5 heterocycles. The van der Waals surface area contributed by atoms with Crippen molar-refractivity contribution in [1.29, 1.82) is 0 Å². The molecule has 0 saturated carbocycles. The molecule has 0 bridgehead atoms. The molecule has 4 aromatic rings. The first kappa shape index (κ1) is 36.6. The minimum Gasteiger partial charge on any atom is -0.496 e. The summed E-state index contributed by atoms with van der Waals surface area (Å²) < 4.78 is 69.4. The van der Waals surface area contributed by atoms with Crippen LogP contribution in [0.5, 0.6) is 5.75 Å². The van der Waals surface area contributed by atoms with Crippen LogP contribution in [-0.4, -0.2) is 95.5 Å². The fourth-order valence-corrected chi connectivity index (χ4v) is 7.96. The Morgan fingerprint density at radius 2 is 1.75 bits per heavy atom. The number of piperazine rings is 1. The summed E-state index contributed by atoms with van der Waals surface area (Å²) in [5, 5.41) is 6.47. The maximum absolute atomic E-state index is 15.9. The van der Waals surface area contributed by atoms with Crippen LogP contribution in [0.25, 0.3) is 21.9 Å². The number of fused-ring (bicyclic) bond motifs is 1. The number of nitrogens with zero attached hydrogens (tertiary/aromatic N) is 5. The van der Waals surface area contributed by atoms with E-state index in [-0.39, 0.29) is 68.9 Å². The zero-order chi connectivity index (χ0) is 37.6. The minimum absolute atomic E-state index is 0.0637. The van der Waals surface area contributed by atoms with Gasteiger partial charge in [-0.1, -0.05) is 11.6 Å². The third-order valence-corrected chi connectivity index (χ3v) is 10.7. The Morgan fingerprint density at radius 1 is 1.02 bits per heavy atom. The summed E-state index contributed by atoms with van der Waals surface area (Å²) in [5.41, 5.74) is 1.64. The van der Waals surface area contributed by atoms with Gasteiger partial charge in [0.05, 0.1) is 25.1 Å². The number of pyridine rings is 2. The number of aryl methyl sites for hydroxylation is 1. The number of hydrogen-bond acceptors (Lipinski definition) is 9. The van der Waals surface area contributed by atoms with Crippen LogP contribution in [-0.2, 0) is 23.2 Å². The summed E-state index contributed by atoms with van der Waals surface area (Å²) in [6.07, 6.45) is 5.32. The van der Waals surface area contributed by atoms with Gasteiger partial charge in [0.1, 0.15) is 17.5 Å². The lowest BCUT2D eigenvalue weighted by Crippen LogP contribution is -2.61. The molecular weight excluding hydrogens is 718 g/mol. The second-order valence-corrected chi connectivity index (χ2v) is 14.2. The summed E-state index contributed by atoms with van der Waals surface area (Å²) in [5.74, 6) is -5.29. The van der Waals surface area contributed by atoms with Crippen LogP contribution in [0.15, 0.2) is 53.7 Å². The van der Waals surface area contributed by atoms with E-state index in [1.807, 2.05) is 0 Å². The van der Waals surface area contributed by atoms with Gasteiger partial charge in [-0.05, 0) is 54.1 Å². The van der Waals surface area contributed by atoms with Crippen molar-refractivity contribution >= 4 is 45.6 Å². The van der Waals surface area contributed by atoms with E-state index in [2.05, 4.69) is 15.6 Å². The Labute approximate surface area is 307 Å². The Balaban J connectivity index is 0.997. The minimum atomic E-state index is -3.08. The van der Waals surface area contributed by atoms with Crippen molar-refractivity contribution in [1.82, 2.24) is 24.7 Å². The van der Waals surface area contributed by atoms with Crippen molar-refractivity contribution in [2.75, 3.05) is 56.6 Å². The van der Waals surface area contributed by atoms with Crippen LogP contribution >= 0.6 is 11.6 Å². The highest BCUT2D eigenvalue weighted by atomic mass is 35.5. The molecule has 11 nitrogen and oxygen atoms in total. The maximum atomic E-state index is 15.9. The molecule has 3 fully saturated rings. The number of benzene rings is 2. The molecule has 280 valence electrons. The van der Waals surface area contributed by atoms with Gasteiger partial charge in [0.2, 0.25) is 11.8 Å². The summed E-state index contributed by atoms with van der Waals surface area (Å²) in [6.45, 7) is 0.643. The van der Waals surface area contributed by atoms with E-state index in [9.17, 15) is 14.4 Å². The number of likely N-dealkylation sites (tertiary alicyclic amines) is 1. The first-order valence-electron chi connectivity index (χ1n) is 17.3. The van der Waals surface area contributed by atoms with E-state index >= 15 is 17.6 Å². The number of piperidine rings is 2. The van der Waals surface area contributed by atoms with Crippen LogP contribution in [0.2, 0.25) is 5.02 Å². The third kappa shape index (κ3) is 7.29. The van der Waals surface area contributed by atoms with Crippen LogP contribution in [0.4, 0.5) is 28.9 Å². The first-order valence-corrected chi connectivity index (χ1v) is 17.7. The number of nitrogens with one attached hydrogen (secondary N) is 2. The number of imide groups is 1. The molecule has 2 aromatic heterocycles. The second-order valence-electron chi connectivity index (χ2n) is 13.8. The number of methoxy groups -OCH3 is 1. The number of ether oxygens (including phenoxy) is 1. The molecule has 2 atom stereocenters. The number of anilines is 2. The highest BCUT2D eigenvalue weighted by Gasteiger charge is 2.48. The molecular formula is C37H38ClF4N7O4. The van der Waals surface area contributed by atoms with Gasteiger partial charge in [-0.2, -0.15) is 0 Å². The average molecular weight is 756 g/mol. The first-order chi connectivity index (χ1) is 25.3. The van der Waals surface area contributed by atoms with Crippen LogP contribution in [0.1, 0.15) is 24.8 Å². The largest absolute Gasteiger partial charge is 0.496 e. The van der Waals surface area contributed by atoms with Gasteiger partial charge in [-0.15, -0.1) is 0 Å². The van der Waals surface area contributed by atoms with Crippen molar-refractivity contribution < 1.29 is 31.9 Å². The predicted molar refractivity (Wildman–Crippen MR) is 193 cm³/mol. The van der Waals surface area contributed by atoms with Crippen LogP contribution in [0, 0.1) is 11.6 Å². The van der Waals surface area contributed by atoms with Crippen molar-refractivity contribution in [2.45, 2.75) is 43.8 Å². The second kappa shape index (κ2) is 14.6. The molecule has 53 heavy (non-hydrogen) atoms. The van der Waals surface area contributed by atoms with E-state index in [0.717, 1.165) is 17.7 Å². The smallest absolute Gasteiger partial charge is 0.275 e. The van der Waals surface area contributed by atoms with Crippen LogP contribution < -0.4 is 25.8 Å². The highest BCUT2D eigenvalue weighted by molar-refractivity contribution is 6.32. The van der Waals surface area contributed by atoms with Crippen molar-refractivity contribution in [3.63, 3.8) is 0 Å². The number of hydrogen-bond donors (Lipinski definition) is 2. The number of alkyl halides is 2. The monoisotopic (exact) mass is 755 g/mol. The van der Waals surface area contributed by atoms with E-state index in [4.69, 9.17) is 16.3 Å². The SMILES string of the molecule is COc1cc(-c2cn(C)c(=O)c3cnccc23)cc(Cl)c1CN1CCC(N2CCN(c3c(F)cc(NC4CCC(=O)NC4=O)cc3F)CC2)C(F)(F)C1. The molecule has 0 spiro atoms. The molecule has 2 amide bonds. The standard InChI is InChI=1S/C37H38ClF4N7O4/c1-46-18-25(23-5-7-43-17-24(23)36(46)52)21-13-27(38)26(31(14-21)53-2)19-47-8-6-32(37(41,42)20-47)48-9-11-49(12-10-48)34-28(39)15-22(16-29(34)40)44-30-3-4-33(50)45-35(30)51/h5,7,13-18,30,32,44H,3-4,6,8-12,19-20H2,1-2H3,(H,45,50,51). The number of halogens is 5. The van der Waals surface area contributed by atoms with Crippen molar-refractivity contribution in [2.24, 2.45) is 7.05 Å². The van der Waals surface area contributed by atoms with Gasteiger partial charge >= 0.3 is 0 Å². The van der Waals surface area contributed by atoms with E-state index in [1.54, 1.807) is 47.4 Å². The Kier molecular flexibility index (Phi) is 10.1. The molecule has 0 radical (unpaired) electrons. The summed E-state index contributed by atoms with van der Waals surface area (Å²) in [7, 11) is 3.15. The molecule has 3 aliphatic rings. The fraction of sp³-hybridized carbons (Fsp3) is 0.405. The van der Waals surface area contributed by atoms with Gasteiger partial charge < -0.3 is 19.5 Å². The Morgan fingerprint density at radius 3 is 2.43 bits per heavy atom. The molecule has 3 aliphatic heterocycles. The summed E-state index contributed by atoms with van der Waals surface area (Å²) in [6, 6.07) is 5.63. The average Bonchev–Trinajstić information content (AvgIpc) is 3.11. The Hall–Kier alpha value is -4.73. The predicted octanol–water partition coefficient (Wildman–Crippen LogP) is 4.79. The third-order valence-electron chi connectivity index (χ3n) is 10.4. The van der Waals surface area contributed by atoms with E-state index < -0.39 is 48.0 Å². The maximum Gasteiger partial charge on any atom is 0.275 e. The number of aromatic nitrogens is 2. The zero-order valence-corrected chi connectivity index (χ0v) is 29.9. The number of carbonyl (C=O) groups is 2. The fourth-order valence-electron chi connectivity index (χ4n) is 7.69. The molecule has 16 heteroatoms. The van der Waals surface area contributed by atoms with Crippen LogP contribution in [0.3, 0.4) is 0 Å². The van der Waals surface area contributed by atoms with Gasteiger partial charge in [-0.3, -0.25) is 34.5 Å². The summed E-state index contributed by atoms with van der Waals surface area (Å²) in [4.78, 5) is 45.1. The lowest BCUT2D eigenvalue weighted by Gasteiger charge is -2.46. The van der Waals surface area contributed by atoms with Gasteiger partial charge in [0.15, 0.2) is 11.6 Å². The number of carbonyl (C=O) groups excluding carboxylic acids is 2. The van der Waals surface area contributed by atoms with Gasteiger partial charge in [0, 0.05) is 93.2 Å². The Bertz CT molecular complexity index is 2120. The van der Waals surface area contributed by atoms with E-state index in [1.165, 1.54) is 22.8 Å². The molecule has 3 saturated heterocycles. The molecule has 2 N–H and O–H groups in total. The normalized spacial score (nSPS) is 21.2. The molecule has 2 aromatic carbocycles. The highest BCUT2D eigenvalue weighted by Crippen LogP contribution is 2.39. The van der Waals surface area contributed by atoms with Crippen molar-refractivity contribution in [3.8, 4) is 16.9 Å². The molecule has 2 unspecified atom stereocenters. The van der Waals surface area contributed by atoms with E-state index in [0.29, 0.717) is 39.2 Å².